The van der Waals surface area contributed by atoms with Crippen LogP contribution < -0.4 is 4.74 Å². The van der Waals surface area contributed by atoms with Crippen LogP contribution in [0.1, 0.15) is 25.6 Å². The molecule has 1 N–H and O–H groups in total. The van der Waals surface area contributed by atoms with E-state index in [0.717, 1.165) is 22.3 Å². The number of aromatic nitrogens is 1. The Bertz CT molecular complexity index is 745. The van der Waals surface area contributed by atoms with Gasteiger partial charge in [0.25, 0.3) is 0 Å². The number of nitrogens with zero attached hydrogens (tertiary/aromatic N) is 1. The molecule has 0 amide bonds. The van der Waals surface area contributed by atoms with E-state index in [9.17, 15) is 5.11 Å². The second-order valence-corrected chi connectivity index (χ2v) is 5.44. The lowest BCUT2D eigenvalue weighted by Crippen LogP contribution is -2.08. The fourth-order valence-electron chi connectivity index (χ4n) is 2.66. The first-order valence-corrected chi connectivity index (χ1v) is 7.16. The van der Waals surface area contributed by atoms with Crippen molar-refractivity contribution in [1.29, 1.82) is 0 Å². The molecule has 0 radical (unpaired) electrons. The van der Waals surface area contributed by atoms with Crippen LogP contribution >= 0.6 is 0 Å². The molecule has 0 aliphatic rings. The van der Waals surface area contributed by atoms with Gasteiger partial charge >= 0.3 is 0 Å². The summed E-state index contributed by atoms with van der Waals surface area (Å²) >= 11 is 0. The average Bonchev–Trinajstić information content (AvgIpc) is 2.84. The molecule has 3 rings (SSSR count). The SMILES string of the molecule is CC(C)n1c(COc2ccccc2)cc2ccc(O)cc21. The molecule has 3 heteroatoms. The lowest BCUT2D eigenvalue weighted by molar-refractivity contribution is 0.293. The van der Waals surface area contributed by atoms with Crippen molar-refractivity contribution in [3.63, 3.8) is 0 Å². The molecule has 0 saturated heterocycles. The highest BCUT2D eigenvalue weighted by atomic mass is 16.5. The van der Waals surface area contributed by atoms with Crippen LogP contribution in [0.25, 0.3) is 10.9 Å². The van der Waals surface area contributed by atoms with Crippen molar-refractivity contribution < 1.29 is 9.84 Å². The van der Waals surface area contributed by atoms with E-state index >= 15 is 0 Å². The van der Waals surface area contributed by atoms with Crippen LogP contribution in [-0.4, -0.2) is 9.67 Å². The highest BCUT2D eigenvalue weighted by Gasteiger charge is 2.12. The molecule has 0 spiro atoms. The molecule has 0 bridgehead atoms. The van der Waals surface area contributed by atoms with E-state index in [0.29, 0.717) is 12.6 Å². The summed E-state index contributed by atoms with van der Waals surface area (Å²) < 4.78 is 8.07. The van der Waals surface area contributed by atoms with Crippen molar-refractivity contribution in [1.82, 2.24) is 4.57 Å². The average molecular weight is 281 g/mol. The van der Waals surface area contributed by atoms with Crippen LogP contribution in [-0.2, 0) is 6.61 Å². The zero-order chi connectivity index (χ0) is 14.8. The number of hydrogen-bond acceptors (Lipinski definition) is 2. The summed E-state index contributed by atoms with van der Waals surface area (Å²) in [4.78, 5) is 0. The second-order valence-electron chi connectivity index (χ2n) is 5.44. The van der Waals surface area contributed by atoms with E-state index in [4.69, 9.17) is 4.74 Å². The van der Waals surface area contributed by atoms with E-state index < -0.39 is 0 Å². The highest BCUT2D eigenvalue weighted by molar-refractivity contribution is 5.82. The molecular weight excluding hydrogens is 262 g/mol. The van der Waals surface area contributed by atoms with Gasteiger partial charge in [-0.05, 0) is 44.2 Å². The summed E-state index contributed by atoms with van der Waals surface area (Å²) in [6, 6.07) is 17.7. The number of fused-ring (bicyclic) bond motifs is 1. The fourth-order valence-corrected chi connectivity index (χ4v) is 2.66. The van der Waals surface area contributed by atoms with E-state index in [1.54, 1.807) is 12.1 Å². The van der Waals surface area contributed by atoms with Crippen LogP contribution in [0.5, 0.6) is 11.5 Å². The number of aromatic hydroxyl groups is 1. The molecule has 0 fully saturated rings. The first kappa shape index (κ1) is 13.6. The summed E-state index contributed by atoms with van der Waals surface area (Å²) in [5.74, 6) is 1.15. The van der Waals surface area contributed by atoms with Crippen LogP contribution in [0, 0.1) is 0 Å². The van der Waals surface area contributed by atoms with Gasteiger partial charge in [-0.2, -0.15) is 0 Å². The Kier molecular flexibility index (Phi) is 3.57. The topological polar surface area (TPSA) is 34.4 Å². The van der Waals surface area contributed by atoms with E-state index in [1.807, 2.05) is 36.4 Å². The number of rotatable bonds is 4. The van der Waals surface area contributed by atoms with Gasteiger partial charge in [-0.1, -0.05) is 18.2 Å². The van der Waals surface area contributed by atoms with Crippen molar-refractivity contribution in [2.75, 3.05) is 0 Å². The zero-order valence-corrected chi connectivity index (χ0v) is 12.3. The Morgan fingerprint density at radius 2 is 1.81 bits per heavy atom. The standard InChI is InChI=1S/C18H19NO2/c1-13(2)19-15(12-21-17-6-4-3-5-7-17)10-14-8-9-16(20)11-18(14)19/h3-11,13,20H,12H2,1-2H3. The predicted molar refractivity (Wildman–Crippen MR) is 84.8 cm³/mol. The Labute approximate surface area is 124 Å². The normalized spacial score (nSPS) is 11.2. The largest absolute Gasteiger partial charge is 0.508 e. The molecule has 0 atom stereocenters. The molecule has 3 nitrogen and oxygen atoms in total. The van der Waals surface area contributed by atoms with Gasteiger partial charge in [0.05, 0.1) is 11.2 Å². The first-order valence-electron chi connectivity index (χ1n) is 7.16. The summed E-state index contributed by atoms with van der Waals surface area (Å²) in [5.41, 5.74) is 2.14. The van der Waals surface area contributed by atoms with Gasteiger partial charge < -0.3 is 14.4 Å². The van der Waals surface area contributed by atoms with Gasteiger partial charge in [-0.25, -0.2) is 0 Å². The zero-order valence-electron chi connectivity index (χ0n) is 12.3. The molecule has 1 aromatic heterocycles. The predicted octanol–water partition coefficient (Wildman–Crippen LogP) is 4.51. The number of benzene rings is 2. The maximum atomic E-state index is 9.71. The van der Waals surface area contributed by atoms with Crippen LogP contribution in [0.15, 0.2) is 54.6 Å². The number of hydrogen-bond donors (Lipinski definition) is 1. The number of phenols is 1. The van der Waals surface area contributed by atoms with Crippen LogP contribution in [0.3, 0.4) is 0 Å². The molecule has 0 saturated carbocycles. The van der Waals surface area contributed by atoms with Gasteiger partial charge in [-0.3, -0.25) is 0 Å². The monoisotopic (exact) mass is 281 g/mol. The van der Waals surface area contributed by atoms with E-state index in [-0.39, 0.29) is 5.75 Å². The first-order chi connectivity index (χ1) is 10.1. The number of ether oxygens (including phenoxy) is 1. The van der Waals surface area contributed by atoms with Crippen molar-refractivity contribution >= 4 is 10.9 Å². The highest BCUT2D eigenvalue weighted by Crippen LogP contribution is 2.28. The molecule has 0 aliphatic heterocycles. The van der Waals surface area contributed by atoms with Crippen LogP contribution in [0.4, 0.5) is 0 Å². The Balaban J connectivity index is 1.96. The molecule has 21 heavy (non-hydrogen) atoms. The third-order valence-electron chi connectivity index (χ3n) is 3.55. The van der Waals surface area contributed by atoms with E-state index in [2.05, 4.69) is 24.5 Å². The Morgan fingerprint density at radius 1 is 1.05 bits per heavy atom. The van der Waals surface area contributed by atoms with Gasteiger partial charge in [0, 0.05) is 17.5 Å². The Morgan fingerprint density at radius 3 is 2.52 bits per heavy atom. The van der Waals surface area contributed by atoms with Crippen molar-refractivity contribution in [3.8, 4) is 11.5 Å². The number of para-hydroxylation sites is 1. The number of phenolic OH excluding ortho intramolecular Hbond substituents is 1. The molecule has 3 aromatic rings. The summed E-state index contributed by atoms with van der Waals surface area (Å²) in [5, 5.41) is 10.8. The third-order valence-corrected chi connectivity index (χ3v) is 3.55. The smallest absolute Gasteiger partial charge is 0.128 e. The maximum absolute atomic E-state index is 9.71. The quantitative estimate of drug-likeness (QED) is 0.763. The van der Waals surface area contributed by atoms with Crippen molar-refractivity contribution in [2.24, 2.45) is 0 Å². The van der Waals surface area contributed by atoms with Crippen molar-refractivity contribution in [3.05, 3.63) is 60.3 Å². The van der Waals surface area contributed by atoms with Gasteiger partial charge in [0.1, 0.15) is 18.1 Å². The summed E-state index contributed by atoms with van der Waals surface area (Å²) in [6.45, 7) is 4.78. The molecule has 2 aromatic carbocycles. The molecule has 0 unspecified atom stereocenters. The van der Waals surface area contributed by atoms with Gasteiger partial charge in [0.15, 0.2) is 0 Å². The van der Waals surface area contributed by atoms with Crippen LogP contribution in [0.2, 0.25) is 0 Å². The Hall–Kier alpha value is -2.42. The molecule has 108 valence electrons. The fraction of sp³-hybridized carbons (Fsp3) is 0.222. The van der Waals surface area contributed by atoms with Crippen molar-refractivity contribution in [2.45, 2.75) is 26.5 Å². The minimum atomic E-state index is 0.290. The minimum absolute atomic E-state index is 0.290. The third kappa shape index (κ3) is 2.72. The second kappa shape index (κ2) is 5.52. The van der Waals surface area contributed by atoms with Gasteiger partial charge in [-0.15, -0.1) is 0 Å². The lowest BCUT2D eigenvalue weighted by Gasteiger charge is -2.15. The summed E-state index contributed by atoms with van der Waals surface area (Å²) in [6.07, 6.45) is 0. The molecular formula is C18H19NO2. The van der Waals surface area contributed by atoms with E-state index in [1.165, 1.54) is 0 Å². The minimum Gasteiger partial charge on any atom is -0.508 e. The summed E-state index contributed by atoms with van der Waals surface area (Å²) in [7, 11) is 0. The maximum Gasteiger partial charge on any atom is 0.128 e. The lowest BCUT2D eigenvalue weighted by atomic mass is 10.2. The molecule has 1 heterocycles. The molecule has 0 aliphatic carbocycles. The van der Waals surface area contributed by atoms with Gasteiger partial charge in [0.2, 0.25) is 0 Å².